The van der Waals surface area contributed by atoms with Crippen molar-refractivity contribution in [1.82, 2.24) is 4.90 Å². The molecule has 2 aliphatic heterocycles. The predicted octanol–water partition coefficient (Wildman–Crippen LogP) is 1.67. The van der Waals surface area contributed by atoms with E-state index in [2.05, 4.69) is 22.5 Å². The Balaban J connectivity index is 2.29. The molecule has 0 bridgehead atoms. The highest BCUT2D eigenvalue weighted by Gasteiger charge is 2.48. The fourth-order valence-electron chi connectivity index (χ4n) is 2.13. The molecule has 2 aliphatic rings. The largest absolute Gasteiger partial charge is 0.480 e. The molecule has 2 rings (SSSR count). The van der Waals surface area contributed by atoms with Crippen molar-refractivity contribution in [3.8, 4) is 0 Å². The van der Waals surface area contributed by atoms with Crippen molar-refractivity contribution in [2.75, 3.05) is 11.9 Å². The standard InChI is InChI=1S/C10H14BrNO2/c1-7-8-4-3-5-12(8)9(13)10(2,6-11)14-7/h8H,1,3-6H2,2H3/t8-,10+/m1/s1. The zero-order chi connectivity index (χ0) is 10.3. The number of hydrogen-bond acceptors (Lipinski definition) is 2. The average Bonchev–Trinajstić information content (AvgIpc) is 2.63. The summed E-state index contributed by atoms with van der Waals surface area (Å²) in [5.74, 6) is 0.827. The first-order valence-electron chi connectivity index (χ1n) is 4.83. The Morgan fingerprint density at radius 3 is 3.14 bits per heavy atom. The van der Waals surface area contributed by atoms with E-state index in [9.17, 15) is 4.79 Å². The number of fused-ring (bicyclic) bond motifs is 1. The summed E-state index contributed by atoms with van der Waals surface area (Å²) >= 11 is 3.32. The molecule has 2 heterocycles. The maximum absolute atomic E-state index is 12.0. The zero-order valence-corrected chi connectivity index (χ0v) is 9.84. The number of alkyl halides is 1. The number of carbonyl (C=O) groups is 1. The molecule has 0 aromatic rings. The Kier molecular flexibility index (Phi) is 2.33. The van der Waals surface area contributed by atoms with E-state index >= 15 is 0 Å². The summed E-state index contributed by atoms with van der Waals surface area (Å²) < 4.78 is 5.62. The topological polar surface area (TPSA) is 29.5 Å². The van der Waals surface area contributed by atoms with Crippen molar-refractivity contribution < 1.29 is 9.53 Å². The van der Waals surface area contributed by atoms with Gasteiger partial charge in [-0.1, -0.05) is 22.5 Å². The van der Waals surface area contributed by atoms with Gasteiger partial charge >= 0.3 is 0 Å². The number of hydrogen-bond donors (Lipinski definition) is 0. The summed E-state index contributed by atoms with van der Waals surface area (Å²) in [4.78, 5) is 13.9. The van der Waals surface area contributed by atoms with E-state index in [0.29, 0.717) is 5.33 Å². The first kappa shape index (κ1) is 10.0. The van der Waals surface area contributed by atoms with Crippen molar-refractivity contribution in [1.29, 1.82) is 0 Å². The molecule has 0 saturated carbocycles. The Bertz CT molecular complexity index is 292. The first-order valence-corrected chi connectivity index (χ1v) is 5.95. The third-order valence-corrected chi connectivity index (χ3v) is 4.02. The highest BCUT2D eigenvalue weighted by molar-refractivity contribution is 9.09. The minimum Gasteiger partial charge on any atom is -0.480 e. The average molecular weight is 260 g/mol. The van der Waals surface area contributed by atoms with Gasteiger partial charge in [0.1, 0.15) is 5.76 Å². The zero-order valence-electron chi connectivity index (χ0n) is 8.25. The van der Waals surface area contributed by atoms with Crippen LogP contribution in [0.15, 0.2) is 12.3 Å². The molecule has 2 saturated heterocycles. The molecule has 0 aromatic heterocycles. The van der Waals surface area contributed by atoms with Gasteiger partial charge < -0.3 is 9.64 Å². The van der Waals surface area contributed by atoms with Crippen molar-refractivity contribution in [2.45, 2.75) is 31.4 Å². The van der Waals surface area contributed by atoms with Crippen LogP contribution in [0.5, 0.6) is 0 Å². The van der Waals surface area contributed by atoms with Gasteiger partial charge in [-0.25, -0.2) is 0 Å². The summed E-state index contributed by atoms with van der Waals surface area (Å²) in [6.45, 7) is 6.55. The van der Waals surface area contributed by atoms with E-state index in [1.807, 2.05) is 11.8 Å². The predicted molar refractivity (Wildman–Crippen MR) is 57.2 cm³/mol. The number of morpholine rings is 1. The third kappa shape index (κ3) is 1.28. The Hall–Kier alpha value is -0.510. The van der Waals surface area contributed by atoms with Gasteiger partial charge in [0.2, 0.25) is 0 Å². The number of nitrogens with zero attached hydrogens (tertiary/aromatic N) is 1. The lowest BCUT2D eigenvalue weighted by Crippen LogP contribution is -2.57. The molecule has 2 atom stereocenters. The van der Waals surface area contributed by atoms with Crippen LogP contribution in [0, 0.1) is 0 Å². The molecule has 0 radical (unpaired) electrons. The van der Waals surface area contributed by atoms with Gasteiger partial charge in [-0.2, -0.15) is 0 Å². The SMILES string of the molecule is C=C1O[C@@](C)(CBr)C(=O)N2CCC[C@H]12. The second-order valence-corrected chi connectivity index (χ2v) is 4.65. The number of halogens is 1. The van der Waals surface area contributed by atoms with Gasteiger partial charge in [0.15, 0.2) is 5.60 Å². The van der Waals surface area contributed by atoms with Crippen LogP contribution < -0.4 is 0 Å². The lowest BCUT2D eigenvalue weighted by molar-refractivity contribution is -0.159. The molecular weight excluding hydrogens is 246 g/mol. The molecule has 3 nitrogen and oxygen atoms in total. The summed E-state index contributed by atoms with van der Waals surface area (Å²) in [6, 6.07) is 0.120. The highest BCUT2D eigenvalue weighted by Crippen LogP contribution is 2.35. The van der Waals surface area contributed by atoms with Crippen LogP contribution in [0.4, 0.5) is 0 Å². The Morgan fingerprint density at radius 1 is 1.79 bits per heavy atom. The number of amides is 1. The van der Waals surface area contributed by atoms with Gasteiger partial charge in [-0.3, -0.25) is 4.79 Å². The molecule has 14 heavy (non-hydrogen) atoms. The van der Waals surface area contributed by atoms with E-state index in [1.165, 1.54) is 0 Å². The van der Waals surface area contributed by atoms with E-state index < -0.39 is 5.60 Å². The molecule has 0 aromatic carbocycles. The smallest absolute Gasteiger partial charge is 0.267 e. The van der Waals surface area contributed by atoms with Gasteiger partial charge in [0.25, 0.3) is 5.91 Å². The van der Waals surface area contributed by atoms with Crippen LogP contribution in [-0.4, -0.2) is 34.3 Å². The second-order valence-electron chi connectivity index (χ2n) is 4.09. The molecule has 0 N–H and O–H groups in total. The van der Waals surface area contributed by atoms with Gasteiger partial charge in [-0.15, -0.1) is 0 Å². The van der Waals surface area contributed by atoms with E-state index in [1.54, 1.807) is 0 Å². The van der Waals surface area contributed by atoms with Gasteiger partial charge in [-0.05, 0) is 19.8 Å². The molecule has 0 aliphatic carbocycles. The van der Waals surface area contributed by atoms with Crippen molar-refractivity contribution in [2.24, 2.45) is 0 Å². The number of rotatable bonds is 1. The Morgan fingerprint density at radius 2 is 2.50 bits per heavy atom. The fraction of sp³-hybridized carbons (Fsp3) is 0.700. The maximum atomic E-state index is 12.0. The molecule has 78 valence electrons. The van der Waals surface area contributed by atoms with Crippen LogP contribution in [0.1, 0.15) is 19.8 Å². The molecule has 1 amide bonds. The second kappa shape index (κ2) is 3.26. The normalized spacial score (nSPS) is 37.0. The summed E-state index contributed by atoms with van der Waals surface area (Å²) in [7, 11) is 0. The monoisotopic (exact) mass is 259 g/mol. The van der Waals surface area contributed by atoms with E-state index in [0.717, 1.165) is 25.1 Å². The Labute approximate surface area is 92.2 Å². The fourth-order valence-corrected chi connectivity index (χ4v) is 2.49. The number of carbonyl (C=O) groups excluding carboxylic acids is 1. The molecule has 4 heteroatoms. The molecule has 0 spiro atoms. The maximum Gasteiger partial charge on any atom is 0.267 e. The molecule has 0 unspecified atom stereocenters. The van der Waals surface area contributed by atoms with E-state index in [4.69, 9.17) is 4.74 Å². The molecular formula is C10H14BrNO2. The van der Waals surface area contributed by atoms with E-state index in [-0.39, 0.29) is 11.9 Å². The lowest BCUT2D eigenvalue weighted by atomic mass is 10.0. The van der Waals surface area contributed by atoms with Crippen LogP contribution in [0.2, 0.25) is 0 Å². The quantitative estimate of drug-likeness (QED) is 0.671. The summed E-state index contributed by atoms with van der Waals surface area (Å²) in [5, 5.41) is 0.515. The summed E-state index contributed by atoms with van der Waals surface area (Å²) in [5.41, 5.74) is -0.752. The van der Waals surface area contributed by atoms with Crippen molar-refractivity contribution in [3.63, 3.8) is 0 Å². The van der Waals surface area contributed by atoms with Crippen LogP contribution in [-0.2, 0) is 9.53 Å². The van der Waals surface area contributed by atoms with Gasteiger partial charge in [0, 0.05) is 6.54 Å². The minimum absolute atomic E-state index is 0.0873. The van der Waals surface area contributed by atoms with Crippen LogP contribution in [0.25, 0.3) is 0 Å². The first-order chi connectivity index (χ1) is 6.58. The van der Waals surface area contributed by atoms with Crippen molar-refractivity contribution in [3.05, 3.63) is 12.3 Å². The third-order valence-electron chi connectivity index (χ3n) is 2.95. The minimum atomic E-state index is -0.752. The van der Waals surface area contributed by atoms with Gasteiger partial charge in [0.05, 0.1) is 11.4 Å². The molecule has 2 fully saturated rings. The summed E-state index contributed by atoms with van der Waals surface area (Å²) in [6.07, 6.45) is 2.04. The highest BCUT2D eigenvalue weighted by atomic mass is 79.9. The number of ether oxygens (including phenoxy) is 1. The van der Waals surface area contributed by atoms with Crippen LogP contribution in [0.3, 0.4) is 0 Å². The lowest BCUT2D eigenvalue weighted by Gasteiger charge is -2.41. The van der Waals surface area contributed by atoms with Crippen LogP contribution >= 0.6 is 15.9 Å². The van der Waals surface area contributed by atoms with Crippen molar-refractivity contribution >= 4 is 21.8 Å².